The van der Waals surface area contributed by atoms with Gasteiger partial charge >= 0.3 is 5.97 Å². The summed E-state index contributed by atoms with van der Waals surface area (Å²) in [4.78, 5) is 22.5. The molecule has 0 radical (unpaired) electrons. The molecule has 0 aliphatic carbocycles. The number of amides is 1. The molecule has 0 saturated carbocycles. The van der Waals surface area contributed by atoms with Gasteiger partial charge in [0.15, 0.2) is 0 Å². The molecule has 16 heavy (non-hydrogen) atoms. The van der Waals surface area contributed by atoms with E-state index in [0.717, 1.165) is 2.88 Å². The summed E-state index contributed by atoms with van der Waals surface area (Å²) in [5, 5.41) is 13.3. The third-order valence-corrected chi connectivity index (χ3v) is 3.89. The molecule has 0 fully saturated rings. The predicted octanol–water partition coefficient (Wildman–Crippen LogP) is 2.19. The molecule has 0 saturated heterocycles. The van der Waals surface area contributed by atoms with Gasteiger partial charge in [0.1, 0.15) is 0 Å². The molecule has 1 amide bonds. The standard InChI is InChI=1S/C10H12INO3S/c1-10(2,9(14)15)5-12-8(13)6-3-7(11)16-4-6/h3-4H,5H2,1-2H3,(H,12,13)(H,14,15). The zero-order valence-electron chi connectivity index (χ0n) is 8.91. The average molecular weight is 353 g/mol. The molecule has 1 aromatic heterocycles. The maximum Gasteiger partial charge on any atom is 0.310 e. The molecule has 2 N–H and O–H groups in total. The molecular weight excluding hydrogens is 341 g/mol. The van der Waals surface area contributed by atoms with Gasteiger partial charge < -0.3 is 10.4 Å². The van der Waals surface area contributed by atoms with Crippen LogP contribution in [0.5, 0.6) is 0 Å². The fourth-order valence-electron chi connectivity index (χ4n) is 0.908. The van der Waals surface area contributed by atoms with Crippen molar-refractivity contribution in [3.05, 3.63) is 19.9 Å². The summed E-state index contributed by atoms with van der Waals surface area (Å²) >= 11 is 3.62. The van der Waals surface area contributed by atoms with Crippen LogP contribution in [0.25, 0.3) is 0 Å². The van der Waals surface area contributed by atoms with Crippen LogP contribution >= 0.6 is 33.9 Å². The fourth-order valence-corrected chi connectivity index (χ4v) is 2.23. The summed E-state index contributed by atoms with van der Waals surface area (Å²) < 4.78 is 1.03. The van der Waals surface area contributed by atoms with Gasteiger partial charge in [0.25, 0.3) is 5.91 Å². The largest absolute Gasteiger partial charge is 0.481 e. The first-order chi connectivity index (χ1) is 7.33. The highest BCUT2D eigenvalue weighted by atomic mass is 127. The van der Waals surface area contributed by atoms with Crippen LogP contribution in [0.2, 0.25) is 0 Å². The zero-order chi connectivity index (χ0) is 12.3. The van der Waals surface area contributed by atoms with E-state index in [9.17, 15) is 9.59 Å². The van der Waals surface area contributed by atoms with E-state index in [-0.39, 0.29) is 12.5 Å². The van der Waals surface area contributed by atoms with E-state index in [2.05, 4.69) is 27.9 Å². The molecular formula is C10H12INO3S. The summed E-state index contributed by atoms with van der Waals surface area (Å²) in [7, 11) is 0. The van der Waals surface area contributed by atoms with Gasteiger partial charge in [-0.1, -0.05) is 0 Å². The summed E-state index contributed by atoms with van der Waals surface area (Å²) in [6, 6.07) is 1.77. The Morgan fingerprint density at radius 1 is 1.56 bits per heavy atom. The van der Waals surface area contributed by atoms with Crippen molar-refractivity contribution in [2.24, 2.45) is 5.41 Å². The first-order valence-electron chi connectivity index (χ1n) is 4.58. The Hall–Kier alpha value is -0.630. The lowest BCUT2D eigenvalue weighted by Crippen LogP contribution is -2.38. The number of aliphatic carboxylic acids is 1. The minimum atomic E-state index is -0.946. The minimum absolute atomic E-state index is 0.119. The van der Waals surface area contributed by atoms with Crippen molar-refractivity contribution in [2.45, 2.75) is 13.8 Å². The van der Waals surface area contributed by atoms with Crippen molar-refractivity contribution >= 4 is 45.8 Å². The fraction of sp³-hybridized carbons (Fsp3) is 0.400. The van der Waals surface area contributed by atoms with Crippen LogP contribution in [-0.4, -0.2) is 23.5 Å². The molecule has 0 aromatic carbocycles. The highest BCUT2D eigenvalue weighted by Crippen LogP contribution is 2.17. The number of thiophene rings is 1. The number of hydrogen-bond donors (Lipinski definition) is 2. The number of nitrogens with one attached hydrogen (secondary N) is 1. The average Bonchev–Trinajstić information content (AvgIpc) is 2.61. The molecule has 6 heteroatoms. The predicted molar refractivity (Wildman–Crippen MR) is 70.8 cm³/mol. The van der Waals surface area contributed by atoms with Crippen LogP contribution in [0.1, 0.15) is 24.2 Å². The number of halogens is 1. The normalized spacial score (nSPS) is 11.2. The Morgan fingerprint density at radius 2 is 2.19 bits per heavy atom. The lowest BCUT2D eigenvalue weighted by molar-refractivity contribution is -0.146. The van der Waals surface area contributed by atoms with Crippen molar-refractivity contribution in [1.82, 2.24) is 5.32 Å². The number of carbonyl (C=O) groups excluding carboxylic acids is 1. The molecule has 1 rings (SSSR count). The SMILES string of the molecule is CC(C)(CNC(=O)c1csc(I)c1)C(=O)O. The van der Waals surface area contributed by atoms with E-state index >= 15 is 0 Å². The van der Waals surface area contributed by atoms with Crippen molar-refractivity contribution in [3.8, 4) is 0 Å². The minimum Gasteiger partial charge on any atom is -0.481 e. The number of rotatable bonds is 4. The van der Waals surface area contributed by atoms with Gasteiger partial charge in [0, 0.05) is 11.9 Å². The second-order valence-electron chi connectivity index (χ2n) is 4.01. The van der Waals surface area contributed by atoms with Crippen LogP contribution in [0, 0.1) is 8.30 Å². The van der Waals surface area contributed by atoms with Gasteiger partial charge in [-0.2, -0.15) is 0 Å². The molecule has 0 bridgehead atoms. The number of hydrogen-bond acceptors (Lipinski definition) is 3. The molecule has 0 unspecified atom stereocenters. The Kier molecular flexibility index (Phi) is 4.31. The van der Waals surface area contributed by atoms with Gasteiger partial charge in [-0.05, 0) is 42.5 Å². The first kappa shape index (κ1) is 13.4. The van der Waals surface area contributed by atoms with E-state index in [1.165, 1.54) is 11.3 Å². The van der Waals surface area contributed by atoms with Crippen LogP contribution in [-0.2, 0) is 4.79 Å². The lowest BCUT2D eigenvalue weighted by Gasteiger charge is -2.19. The third-order valence-electron chi connectivity index (χ3n) is 2.10. The third kappa shape index (κ3) is 3.44. The molecule has 0 aliphatic rings. The smallest absolute Gasteiger partial charge is 0.310 e. The van der Waals surface area contributed by atoms with Gasteiger partial charge in [0.05, 0.1) is 13.9 Å². The van der Waals surface area contributed by atoms with Crippen LogP contribution in [0.4, 0.5) is 0 Å². The molecule has 88 valence electrons. The molecule has 1 aromatic rings. The molecule has 4 nitrogen and oxygen atoms in total. The molecule has 0 atom stereocenters. The topological polar surface area (TPSA) is 66.4 Å². The quantitative estimate of drug-likeness (QED) is 0.816. The Morgan fingerprint density at radius 3 is 2.62 bits per heavy atom. The van der Waals surface area contributed by atoms with Crippen LogP contribution < -0.4 is 5.32 Å². The number of carboxylic acid groups (broad SMARTS) is 1. The van der Waals surface area contributed by atoms with Crippen molar-refractivity contribution in [2.75, 3.05) is 6.54 Å². The van der Waals surface area contributed by atoms with Gasteiger partial charge in [-0.15, -0.1) is 11.3 Å². The maximum absolute atomic E-state index is 11.6. The van der Waals surface area contributed by atoms with E-state index in [0.29, 0.717) is 5.56 Å². The first-order valence-corrected chi connectivity index (χ1v) is 6.54. The maximum atomic E-state index is 11.6. The summed E-state index contributed by atoms with van der Waals surface area (Å²) in [5.74, 6) is -1.15. The van der Waals surface area contributed by atoms with E-state index in [1.54, 1.807) is 25.3 Å². The summed E-state index contributed by atoms with van der Waals surface area (Å²) in [6.45, 7) is 3.27. The van der Waals surface area contributed by atoms with E-state index < -0.39 is 11.4 Å². The second-order valence-corrected chi connectivity index (χ2v) is 6.82. The van der Waals surface area contributed by atoms with Gasteiger partial charge in [-0.3, -0.25) is 9.59 Å². The van der Waals surface area contributed by atoms with Gasteiger partial charge in [-0.25, -0.2) is 0 Å². The Bertz CT molecular complexity index is 414. The highest BCUT2D eigenvalue weighted by molar-refractivity contribution is 14.1. The molecule has 0 spiro atoms. The molecule has 1 heterocycles. The summed E-state index contributed by atoms with van der Waals surface area (Å²) in [5.41, 5.74) is -0.366. The van der Waals surface area contributed by atoms with Crippen LogP contribution in [0.3, 0.4) is 0 Å². The Labute approximate surface area is 111 Å². The van der Waals surface area contributed by atoms with Crippen molar-refractivity contribution in [3.63, 3.8) is 0 Å². The second kappa shape index (κ2) is 5.13. The number of carbonyl (C=O) groups is 2. The highest BCUT2D eigenvalue weighted by Gasteiger charge is 2.27. The Balaban J connectivity index is 2.57. The van der Waals surface area contributed by atoms with Gasteiger partial charge in [0.2, 0.25) is 0 Å². The summed E-state index contributed by atoms with van der Waals surface area (Å²) in [6.07, 6.45) is 0. The van der Waals surface area contributed by atoms with Crippen molar-refractivity contribution < 1.29 is 14.7 Å². The van der Waals surface area contributed by atoms with Crippen molar-refractivity contribution in [1.29, 1.82) is 0 Å². The lowest BCUT2D eigenvalue weighted by atomic mass is 9.94. The van der Waals surface area contributed by atoms with E-state index in [1.807, 2.05) is 0 Å². The number of carboxylic acids is 1. The molecule has 0 aliphatic heterocycles. The monoisotopic (exact) mass is 353 g/mol. The van der Waals surface area contributed by atoms with E-state index in [4.69, 9.17) is 5.11 Å². The van der Waals surface area contributed by atoms with Crippen LogP contribution in [0.15, 0.2) is 11.4 Å². The zero-order valence-corrected chi connectivity index (χ0v) is 11.9.